The highest BCUT2D eigenvalue weighted by Gasteiger charge is 2.13. The van der Waals surface area contributed by atoms with Crippen molar-refractivity contribution in [2.75, 3.05) is 6.61 Å². The lowest BCUT2D eigenvalue weighted by Crippen LogP contribution is -2.15. The molecular formula is C18H24O3S. The van der Waals surface area contributed by atoms with Gasteiger partial charge in [0.15, 0.2) is 0 Å². The van der Waals surface area contributed by atoms with Crippen molar-refractivity contribution in [3.63, 3.8) is 0 Å². The van der Waals surface area contributed by atoms with Crippen LogP contribution in [0, 0.1) is 0 Å². The molecule has 1 rings (SSSR count). The first-order chi connectivity index (χ1) is 10.7. The number of esters is 1. The minimum atomic E-state index is -0.776. The van der Waals surface area contributed by atoms with Gasteiger partial charge in [-0.2, -0.15) is 0 Å². The number of carbonyl (C=O) groups is 2. The topological polar surface area (TPSA) is 43.4 Å². The Kier molecular flexibility index (Phi) is 9.31. The maximum Gasteiger partial charge on any atom is 0.379 e. The second-order valence-corrected chi connectivity index (χ2v) is 6.12. The standard InChI is InChI=1S/C18H24O3S/c1-3-5-6-8-13-16(14-17(19)18(20)21-4-2)22-15-11-9-7-10-12-15/h7,9-12,14H,3-6,8,13H2,1-2H3/b16-14+. The number of unbranched alkanes of at least 4 members (excludes halogenated alkanes) is 3. The van der Waals surface area contributed by atoms with Crippen LogP contribution in [0.1, 0.15) is 46.0 Å². The fourth-order valence-corrected chi connectivity index (χ4v) is 2.93. The van der Waals surface area contributed by atoms with E-state index in [0.717, 1.165) is 29.1 Å². The predicted molar refractivity (Wildman–Crippen MR) is 90.8 cm³/mol. The summed E-state index contributed by atoms with van der Waals surface area (Å²) in [7, 11) is 0. The zero-order chi connectivity index (χ0) is 16.2. The largest absolute Gasteiger partial charge is 0.460 e. The summed E-state index contributed by atoms with van der Waals surface area (Å²) in [6.07, 6.45) is 6.76. The maximum absolute atomic E-state index is 11.9. The summed E-state index contributed by atoms with van der Waals surface area (Å²) >= 11 is 1.54. The van der Waals surface area contributed by atoms with Crippen molar-refractivity contribution < 1.29 is 14.3 Å². The number of benzene rings is 1. The van der Waals surface area contributed by atoms with E-state index < -0.39 is 11.8 Å². The van der Waals surface area contributed by atoms with Crippen molar-refractivity contribution in [2.45, 2.75) is 50.8 Å². The van der Waals surface area contributed by atoms with Crippen LogP contribution in [0.4, 0.5) is 0 Å². The molecule has 4 heteroatoms. The molecule has 1 aromatic carbocycles. The second kappa shape index (κ2) is 11.1. The van der Waals surface area contributed by atoms with E-state index in [1.54, 1.807) is 18.7 Å². The zero-order valence-corrected chi connectivity index (χ0v) is 14.2. The number of hydrogen-bond acceptors (Lipinski definition) is 4. The van der Waals surface area contributed by atoms with E-state index >= 15 is 0 Å². The molecule has 0 atom stereocenters. The number of hydrogen-bond donors (Lipinski definition) is 0. The Morgan fingerprint density at radius 2 is 1.82 bits per heavy atom. The molecule has 0 fully saturated rings. The molecule has 0 aromatic heterocycles. The molecule has 0 N–H and O–H groups in total. The van der Waals surface area contributed by atoms with Crippen LogP contribution in [0.5, 0.6) is 0 Å². The number of ketones is 1. The Bertz CT molecular complexity index is 494. The van der Waals surface area contributed by atoms with Crippen LogP contribution >= 0.6 is 11.8 Å². The smallest absolute Gasteiger partial charge is 0.379 e. The Hall–Kier alpha value is -1.55. The van der Waals surface area contributed by atoms with E-state index in [9.17, 15) is 9.59 Å². The average Bonchev–Trinajstić information content (AvgIpc) is 2.52. The minimum absolute atomic E-state index is 0.218. The van der Waals surface area contributed by atoms with Gasteiger partial charge in [-0.25, -0.2) is 4.79 Å². The van der Waals surface area contributed by atoms with Crippen LogP contribution in [-0.2, 0) is 14.3 Å². The normalized spacial score (nSPS) is 11.3. The van der Waals surface area contributed by atoms with Gasteiger partial charge in [-0.15, -0.1) is 0 Å². The molecule has 0 aliphatic heterocycles. The lowest BCUT2D eigenvalue weighted by atomic mass is 10.1. The lowest BCUT2D eigenvalue weighted by Gasteiger charge is -2.07. The van der Waals surface area contributed by atoms with E-state index in [-0.39, 0.29) is 6.61 Å². The quantitative estimate of drug-likeness (QED) is 0.205. The van der Waals surface area contributed by atoms with Crippen LogP contribution < -0.4 is 0 Å². The number of carbonyl (C=O) groups excluding carboxylic acids is 2. The molecule has 0 saturated heterocycles. The van der Waals surface area contributed by atoms with E-state index in [1.807, 2.05) is 30.3 Å². The summed E-state index contributed by atoms with van der Waals surface area (Å²) in [6, 6.07) is 9.88. The summed E-state index contributed by atoms with van der Waals surface area (Å²) in [5.74, 6) is -1.35. The van der Waals surface area contributed by atoms with Gasteiger partial charge in [0.2, 0.25) is 0 Å². The van der Waals surface area contributed by atoms with Crippen molar-refractivity contribution >= 4 is 23.5 Å². The van der Waals surface area contributed by atoms with Crippen molar-refractivity contribution in [3.8, 4) is 0 Å². The summed E-state index contributed by atoms with van der Waals surface area (Å²) in [6.45, 7) is 4.08. The molecule has 3 nitrogen and oxygen atoms in total. The van der Waals surface area contributed by atoms with Gasteiger partial charge in [0.25, 0.3) is 5.78 Å². The fraction of sp³-hybridized carbons (Fsp3) is 0.444. The van der Waals surface area contributed by atoms with E-state index in [0.29, 0.717) is 0 Å². The van der Waals surface area contributed by atoms with Crippen LogP contribution in [0.15, 0.2) is 46.2 Å². The molecule has 0 unspecified atom stereocenters. The third-order valence-corrected chi connectivity index (χ3v) is 4.13. The number of thioether (sulfide) groups is 1. The summed E-state index contributed by atoms with van der Waals surface area (Å²) in [5.41, 5.74) is 0. The Morgan fingerprint density at radius 1 is 1.09 bits per heavy atom. The molecular weight excluding hydrogens is 296 g/mol. The Balaban J connectivity index is 2.72. The molecule has 0 aliphatic rings. The molecule has 0 amide bonds. The molecule has 0 heterocycles. The van der Waals surface area contributed by atoms with Crippen molar-refractivity contribution in [1.29, 1.82) is 0 Å². The zero-order valence-electron chi connectivity index (χ0n) is 13.3. The molecule has 1 aromatic rings. The Morgan fingerprint density at radius 3 is 2.45 bits per heavy atom. The van der Waals surface area contributed by atoms with Gasteiger partial charge in [-0.3, -0.25) is 4.79 Å². The second-order valence-electron chi connectivity index (χ2n) is 4.92. The Labute approximate surface area is 137 Å². The first-order valence-electron chi connectivity index (χ1n) is 7.82. The van der Waals surface area contributed by atoms with Gasteiger partial charge >= 0.3 is 5.97 Å². The van der Waals surface area contributed by atoms with Gasteiger partial charge in [-0.1, -0.05) is 56.1 Å². The summed E-state index contributed by atoms with van der Waals surface area (Å²) in [4.78, 5) is 25.3. The molecule has 0 saturated carbocycles. The van der Waals surface area contributed by atoms with Gasteiger partial charge in [-0.05, 0) is 36.8 Å². The van der Waals surface area contributed by atoms with Gasteiger partial charge in [0.1, 0.15) is 0 Å². The molecule has 0 radical (unpaired) electrons. The number of allylic oxidation sites excluding steroid dienone is 1. The van der Waals surface area contributed by atoms with Gasteiger partial charge in [0.05, 0.1) is 6.61 Å². The first-order valence-corrected chi connectivity index (χ1v) is 8.63. The third kappa shape index (κ3) is 7.46. The van der Waals surface area contributed by atoms with Crippen LogP contribution in [-0.4, -0.2) is 18.4 Å². The maximum atomic E-state index is 11.9. The monoisotopic (exact) mass is 320 g/mol. The molecule has 0 bridgehead atoms. The molecule has 120 valence electrons. The van der Waals surface area contributed by atoms with Crippen molar-refractivity contribution in [2.24, 2.45) is 0 Å². The fourth-order valence-electron chi connectivity index (χ4n) is 1.93. The molecule has 0 aliphatic carbocycles. The summed E-state index contributed by atoms with van der Waals surface area (Å²) in [5, 5.41) is 0. The van der Waals surface area contributed by atoms with Crippen LogP contribution in [0.25, 0.3) is 0 Å². The van der Waals surface area contributed by atoms with Gasteiger partial charge < -0.3 is 4.74 Å². The SMILES string of the molecule is CCCCCC/C(=C\C(=O)C(=O)OCC)Sc1ccccc1. The van der Waals surface area contributed by atoms with Crippen LogP contribution in [0.2, 0.25) is 0 Å². The van der Waals surface area contributed by atoms with Crippen LogP contribution in [0.3, 0.4) is 0 Å². The first kappa shape index (κ1) is 18.5. The lowest BCUT2D eigenvalue weighted by molar-refractivity contribution is -0.151. The number of rotatable bonds is 10. The predicted octanol–water partition coefficient (Wildman–Crippen LogP) is 4.77. The highest BCUT2D eigenvalue weighted by atomic mass is 32.2. The van der Waals surface area contributed by atoms with E-state index in [4.69, 9.17) is 4.74 Å². The molecule has 22 heavy (non-hydrogen) atoms. The van der Waals surface area contributed by atoms with E-state index in [1.165, 1.54) is 18.9 Å². The number of ether oxygens (including phenoxy) is 1. The average molecular weight is 320 g/mol. The van der Waals surface area contributed by atoms with Gasteiger partial charge in [0, 0.05) is 11.0 Å². The third-order valence-electron chi connectivity index (χ3n) is 3.04. The highest BCUT2D eigenvalue weighted by molar-refractivity contribution is 8.03. The van der Waals surface area contributed by atoms with Crippen molar-refractivity contribution in [3.05, 3.63) is 41.3 Å². The van der Waals surface area contributed by atoms with Crippen molar-refractivity contribution in [1.82, 2.24) is 0 Å². The van der Waals surface area contributed by atoms with E-state index in [2.05, 4.69) is 6.92 Å². The minimum Gasteiger partial charge on any atom is -0.460 e. The highest BCUT2D eigenvalue weighted by Crippen LogP contribution is 2.30. The summed E-state index contributed by atoms with van der Waals surface area (Å²) < 4.78 is 4.76. The molecule has 0 spiro atoms.